The highest BCUT2D eigenvalue weighted by atomic mass is 79.9. The molecule has 1 aromatic rings. The van der Waals surface area contributed by atoms with E-state index in [0.717, 1.165) is 4.47 Å². The summed E-state index contributed by atoms with van der Waals surface area (Å²) in [7, 11) is 0. The number of ketones is 1. The van der Waals surface area contributed by atoms with Crippen LogP contribution in [0, 0.1) is 0 Å². The molecular formula is C10H8BrNO2. The minimum Gasteiger partial charge on any atom is -0.352 e. The van der Waals surface area contributed by atoms with E-state index in [1.165, 1.54) is 0 Å². The molecule has 1 N–H and O–H groups in total. The average Bonchev–Trinajstić information content (AvgIpc) is 2.28. The van der Waals surface area contributed by atoms with Gasteiger partial charge in [-0.2, -0.15) is 0 Å². The summed E-state index contributed by atoms with van der Waals surface area (Å²) in [6, 6.07) is 5.12. The van der Waals surface area contributed by atoms with Gasteiger partial charge in [-0.1, -0.05) is 15.9 Å². The van der Waals surface area contributed by atoms with Gasteiger partial charge in [0.15, 0.2) is 5.78 Å². The number of carbonyl (C=O) groups excluding carboxylic acids is 2. The number of benzene rings is 1. The Morgan fingerprint density at radius 2 is 2.00 bits per heavy atom. The summed E-state index contributed by atoms with van der Waals surface area (Å²) in [6.45, 7) is 0.421. The van der Waals surface area contributed by atoms with E-state index in [1.54, 1.807) is 18.2 Å². The summed E-state index contributed by atoms with van der Waals surface area (Å²) >= 11 is 3.28. The van der Waals surface area contributed by atoms with E-state index in [-0.39, 0.29) is 11.7 Å². The Morgan fingerprint density at radius 3 is 2.79 bits per heavy atom. The van der Waals surface area contributed by atoms with Crippen LogP contribution in [0.4, 0.5) is 0 Å². The van der Waals surface area contributed by atoms with Crippen LogP contribution in [-0.2, 0) is 0 Å². The molecule has 0 spiro atoms. The largest absolute Gasteiger partial charge is 0.352 e. The maximum absolute atomic E-state index is 11.6. The Labute approximate surface area is 89.6 Å². The average molecular weight is 254 g/mol. The summed E-state index contributed by atoms with van der Waals surface area (Å²) in [5.41, 5.74) is 0.977. The molecule has 0 unspecified atom stereocenters. The zero-order valence-electron chi connectivity index (χ0n) is 7.34. The predicted octanol–water partition coefficient (Wildman–Crippen LogP) is 1.77. The van der Waals surface area contributed by atoms with E-state index in [9.17, 15) is 9.59 Å². The molecule has 3 nitrogen and oxygen atoms in total. The van der Waals surface area contributed by atoms with Crippen molar-refractivity contribution in [3.05, 3.63) is 33.8 Å². The fourth-order valence-electron chi connectivity index (χ4n) is 1.46. The molecule has 1 aromatic carbocycles. The molecule has 4 heteroatoms. The molecule has 0 atom stereocenters. The van der Waals surface area contributed by atoms with Gasteiger partial charge in [0.05, 0.1) is 5.56 Å². The molecule has 0 fully saturated rings. The molecule has 0 radical (unpaired) electrons. The van der Waals surface area contributed by atoms with Crippen LogP contribution in [0.25, 0.3) is 0 Å². The lowest BCUT2D eigenvalue weighted by atomic mass is 10.0. The van der Waals surface area contributed by atoms with Crippen molar-refractivity contribution in [1.29, 1.82) is 0 Å². The lowest BCUT2D eigenvalue weighted by Crippen LogP contribution is -2.22. The molecule has 1 aliphatic rings. The quantitative estimate of drug-likeness (QED) is 0.766. The number of amides is 1. The molecule has 1 amide bonds. The van der Waals surface area contributed by atoms with E-state index in [1.807, 2.05) is 0 Å². The second-order valence-corrected chi connectivity index (χ2v) is 4.03. The highest BCUT2D eigenvalue weighted by molar-refractivity contribution is 9.10. The van der Waals surface area contributed by atoms with Crippen molar-refractivity contribution in [1.82, 2.24) is 5.32 Å². The lowest BCUT2D eigenvalue weighted by molar-refractivity contribution is 0.0956. The predicted molar refractivity (Wildman–Crippen MR) is 55.4 cm³/mol. The van der Waals surface area contributed by atoms with Crippen LogP contribution in [0.2, 0.25) is 0 Å². The van der Waals surface area contributed by atoms with Gasteiger partial charge in [0, 0.05) is 23.0 Å². The van der Waals surface area contributed by atoms with Gasteiger partial charge in [0.25, 0.3) is 5.91 Å². The second kappa shape index (κ2) is 3.53. The third-order valence-electron chi connectivity index (χ3n) is 2.16. The first-order valence-electron chi connectivity index (χ1n) is 4.29. The number of carbonyl (C=O) groups is 2. The number of hydrogen-bond acceptors (Lipinski definition) is 2. The van der Waals surface area contributed by atoms with Crippen LogP contribution in [0.3, 0.4) is 0 Å². The van der Waals surface area contributed by atoms with Crippen molar-refractivity contribution in [3.8, 4) is 0 Å². The minimum atomic E-state index is -0.168. The number of fused-ring (bicyclic) bond motifs is 1. The molecule has 0 bridgehead atoms. The molecule has 72 valence electrons. The summed E-state index contributed by atoms with van der Waals surface area (Å²) in [4.78, 5) is 23.1. The number of nitrogens with one attached hydrogen (secondary N) is 1. The maximum Gasteiger partial charge on any atom is 0.252 e. The molecule has 0 aliphatic carbocycles. The van der Waals surface area contributed by atoms with E-state index >= 15 is 0 Å². The molecule has 0 saturated heterocycles. The van der Waals surface area contributed by atoms with Crippen LogP contribution in [0.1, 0.15) is 27.1 Å². The van der Waals surface area contributed by atoms with Gasteiger partial charge >= 0.3 is 0 Å². The van der Waals surface area contributed by atoms with Gasteiger partial charge in [0.2, 0.25) is 0 Å². The van der Waals surface area contributed by atoms with Crippen molar-refractivity contribution in [2.24, 2.45) is 0 Å². The first kappa shape index (κ1) is 9.40. The van der Waals surface area contributed by atoms with Gasteiger partial charge in [0.1, 0.15) is 0 Å². The van der Waals surface area contributed by atoms with E-state index in [0.29, 0.717) is 24.1 Å². The van der Waals surface area contributed by atoms with Crippen LogP contribution >= 0.6 is 15.9 Å². The minimum absolute atomic E-state index is 0.0136. The molecular weight excluding hydrogens is 246 g/mol. The maximum atomic E-state index is 11.6. The Balaban J connectivity index is 2.60. The van der Waals surface area contributed by atoms with Crippen molar-refractivity contribution in [2.45, 2.75) is 6.42 Å². The van der Waals surface area contributed by atoms with E-state index < -0.39 is 0 Å². The van der Waals surface area contributed by atoms with Gasteiger partial charge in [-0.15, -0.1) is 0 Å². The summed E-state index contributed by atoms with van der Waals surface area (Å²) in [6.07, 6.45) is 0.370. The zero-order chi connectivity index (χ0) is 10.1. The summed E-state index contributed by atoms with van der Waals surface area (Å²) < 4.78 is 0.819. The fraction of sp³-hybridized carbons (Fsp3) is 0.200. The number of Topliss-reactive ketones (excluding diaryl/α,β-unsaturated/α-hetero) is 1. The van der Waals surface area contributed by atoms with Crippen molar-refractivity contribution in [2.75, 3.05) is 6.54 Å². The normalized spacial score (nSPS) is 15.8. The molecule has 1 aliphatic heterocycles. The topological polar surface area (TPSA) is 46.2 Å². The van der Waals surface area contributed by atoms with Crippen LogP contribution in [0.15, 0.2) is 22.7 Å². The lowest BCUT2D eigenvalue weighted by Gasteiger charge is -2.02. The van der Waals surface area contributed by atoms with Gasteiger partial charge in [-0.25, -0.2) is 0 Å². The Bertz CT molecular complexity index is 415. The zero-order valence-corrected chi connectivity index (χ0v) is 8.93. The summed E-state index contributed by atoms with van der Waals surface area (Å²) in [5.74, 6) is -0.155. The fourth-order valence-corrected chi connectivity index (χ4v) is 1.83. The first-order valence-corrected chi connectivity index (χ1v) is 5.09. The number of rotatable bonds is 0. The van der Waals surface area contributed by atoms with Gasteiger partial charge < -0.3 is 5.32 Å². The monoisotopic (exact) mass is 253 g/mol. The van der Waals surface area contributed by atoms with Gasteiger partial charge in [-0.3, -0.25) is 9.59 Å². The van der Waals surface area contributed by atoms with Crippen molar-refractivity contribution in [3.63, 3.8) is 0 Å². The van der Waals surface area contributed by atoms with Crippen LogP contribution in [0.5, 0.6) is 0 Å². The smallest absolute Gasteiger partial charge is 0.252 e. The third-order valence-corrected chi connectivity index (χ3v) is 2.66. The highest BCUT2D eigenvalue weighted by Gasteiger charge is 2.20. The summed E-state index contributed by atoms with van der Waals surface area (Å²) in [5, 5.41) is 2.68. The molecule has 14 heavy (non-hydrogen) atoms. The van der Waals surface area contributed by atoms with Crippen LogP contribution < -0.4 is 5.32 Å². The van der Waals surface area contributed by atoms with E-state index in [2.05, 4.69) is 21.2 Å². The van der Waals surface area contributed by atoms with Crippen LogP contribution in [-0.4, -0.2) is 18.2 Å². The SMILES string of the molecule is O=C1CCNC(=O)c2ccc(Br)cc21. The molecule has 2 rings (SSSR count). The van der Waals surface area contributed by atoms with Crippen molar-refractivity contribution < 1.29 is 9.59 Å². The standard InChI is InChI=1S/C10H8BrNO2/c11-6-1-2-7-8(5-6)9(13)3-4-12-10(7)14/h1-2,5H,3-4H2,(H,12,14). The molecule has 0 aromatic heterocycles. The first-order chi connectivity index (χ1) is 6.68. The Kier molecular flexibility index (Phi) is 2.37. The Hall–Kier alpha value is -1.16. The molecule has 1 heterocycles. The van der Waals surface area contributed by atoms with Crippen molar-refractivity contribution >= 4 is 27.6 Å². The van der Waals surface area contributed by atoms with E-state index in [4.69, 9.17) is 0 Å². The van der Waals surface area contributed by atoms with Gasteiger partial charge in [-0.05, 0) is 18.2 Å². The third kappa shape index (κ3) is 1.57. The Morgan fingerprint density at radius 1 is 1.21 bits per heavy atom. The molecule has 0 saturated carbocycles. The highest BCUT2D eigenvalue weighted by Crippen LogP contribution is 2.19. The number of halogens is 1. The second-order valence-electron chi connectivity index (χ2n) is 3.12. The number of hydrogen-bond donors (Lipinski definition) is 1.